The number of ether oxygens (including phenoxy) is 1. The van der Waals surface area contributed by atoms with E-state index in [2.05, 4.69) is 63.4 Å². The fraction of sp³-hybridized carbons (Fsp3) is 0.389. The molecule has 272 valence electrons. The van der Waals surface area contributed by atoms with E-state index in [9.17, 15) is 4.57 Å². The maximum Gasteiger partial charge on any atom is 0.231 e. The van der Waals surface area contributed by atoms with Gasteiger partial charge in [-0.1, -0.05) is 0 Å². The second-order valence-electron chi connectivity index (χ2n) is 13.6. The molecule has 3 aromatic heterocycles. The maximum atomic E-state index is 13.6. The number of nitrogens with one attached hydrogen (secondary N) is 3. The van der Waals surface area contributed by atoms with Crippen molar-refractivity contribution >= 4 is 75.3 Å². The Morgan fingerprint density at radius 1 is 1.02 bits per heavy atom. The molecule has 0 saturated carbocycles. The fourth-order valence-electron chi connectivity index (χ4n) is 7.22. The summed E-state index contributed by atoms with van der Waals surface area (Å²) < 4.78 is 19.6. The van der Waals surface area contributed by atoms with Crippen molar-refractivity contribution in [2.45, 2.75) is 18.9 Å². The Labute approximate surface area is 303 Å². The predicted octanol–water partition coefficient (Wildman–Crippen LogP) is 4.26. The van der Waals surface area contributed by atoms with Crippen LogP contribution in [0.15, 0.2) is 54.2 Å². The number of allylic oxidation sites excluding steroid dienone is 1. The Hall–Kier alpha value is -5.11. The van der Waals surface area contributed by atoms with Gasteiger partial charge in [0.1, 0.15) is 23.9 Å². The van der Waals surface area contributed by atoms with Crippen LogP contribution in [0.2, 0.25) is 0 Å². The van der Waals surface area contributed by atoms with Crippen LogP contribution >= 0.6 is 7.14 Å². The Morgan fingerprint density at radius 2 is 1.79 bits per heavy atom. The van der Waals surface area contributed by atoms with Gasteiger partial charge in [0.05, 0.1) is 35.6 Å². The highest BCUT2D eigenvalue weighted by atomic mass is 31.2. The molecule has 2 fully saturated rings. The Balaban J connectivity index is 1.23. The Bertz CT molecular complexity index is 2180. The first kappa shape index (κ1) is 35.3. The zero-order valence-electron chi connectivity index (χ0n) is 30.3. The van der Waals surface area contributed by atoms with Crippen molar-refractivity contribution < 1.29 is 9.30 Å². The highest BCUT2D eigenvalue weighted by molar-refractivity contribution is 7.71. The third-order valence-electron chi connectivity index (χ3n) is 9.87. The molecule has 0 amide bonds. The van der Waals surface area contributed by atoms with Crippen molar-refractivity contribution in [3.63, 3.8) is 0 Å². The number of likely N-dealkylation sites (N-methyl/N-ethyl adjacent to an activating group) is 1. The molecule has 5 heterocycles. The van der Waals surface area contributed by atoms with Gasteiger partial charge in [0.15, 0.2) is 11.5 Å². The number of benzene rings is 2. The number of rotatable bonds is 10. The monoisotopic (exact) mass is 723 g/mol. The van der Waals surface area contributed by atoms with Crippen molar-refractivity contribution in [2.24, 2.45) is 10.7 Å². The van der Waals surface area contributed by atoms with E-state index in [-0.39, 0.29) is 5.95 Å². The molecule has 0 aliphatic carbocycles. The minimum absolute atomic E-state index is 0.285. The van der Waals surface area contributed by atoms with Crippen LogP contribution in [-0.2, 0) is 4.57 Å². The third kappa shape index (κ3) is 7.16. The lowest BCUT2D eigenvalue weighted by atomic mass is 9.98. The molecule has 7 rings (SSSR count). The molecule has 5 N–H and O–H groups in total. The van der Waals surface area contributed by atoms with E-state index in [1.807, 2.05) is 18.2 Å². The molecule has 0 unspecified atom stereocenters. The molecular weight excluding hydrogens is 677 g/mol. The molecule has 52 heavy (non-hydrogen) atoms. The zero-order chi connectivity index (χ0) is 36.4. The molecule has 0 radical (unpaired) electrons. The lowest BCUT2D eigenvalue weighted by Crippen LogP contribution is -2.52. The number of piperazine rings is 1. The van der Waals surface area contributed by atoms with Crippen LogP contribution in [0.5, 0.6) is 5.75 Å². The van der Waals surface area contributed by atoms with Crippen LogP contribution < -0.4 is 31.3 Å². The molecule has 2 aliphatic heterocycles. The summed E-state index contributed by atoms with van der Waals surface area (Å²) in [5.74, 6) is 1.36. The molecule has 2 aliphatic rings. The van der Waals surface area contributed by atoms with Crippen LogP contribution in [0.25, 0.3) is 27.8 Å². The maximum absolute atomic E-state index is 13.6. The predicted molar refractivity (Wildman–Crippen MR) is 211 cm³/mol. The van der Waals surface area contributed by atoms with E-state index >= 15 is 0 Å². The molecule has 2 saturated heterocycles. The molecule has 0 atom stereocenters. The van der Waals surface area contributed by atoms with E-state index in [1.165, 1.54) is 0 Å². The van der Waals surface area contributed by atoms with Crippen molar-refractivity contribution in [2.75, 3.05) is 89.3 Å². The van der Waals surface area contributed by atoms with E-state index in [4.69, 9.17) is 20.4 Å². The molecule has 2 aromatic carbocycles. The number of aromatic amines is 1. The normalized spacial score (nSPS) is 17.0. The SMILES string of the molecule is CN=CC(=CN)c1cc(Nc2nc(Nc3ccc4nccnc4c3P(C)(C)=O)c3[nH]cnc3n2)c(OC)cc1N1CCC(N2CCN(C)CC2)CC1. The summed E-state index contributed by atoms with van der Waals surface area (Å²) in [4.78, 5) is 37.9. The van der Waals surface area contributed by atoms with Gasteiger partial charge in [-0.15, -0.1) is 0 Å². The van der Waals surface area contributed by atoms with E-state index in [0.717, 1.165) is 68.9 Å². The minimum Gasteiger partial charge on any atom is -0.494 e. The molecule has 0 bridgehead atoms. The van der Waals surface area contributed by atoms with Gasteiger partial charge in [0, 0.05) is 100 Å². The summed E-state index contributed by atoms with van der Waals surface area (Å²) in [6, 6.07) is 8.34. The van der Waals surface area contributed by atoms with Crippen molar-refractivity contribution in [1.82, 2.24) is 39.7 Å². The van der Waals surface area contributed by atoms with Crippen LogP contribution in [-0.4, -0.2) is 126 Å². The molecule has 5 aromatic rings. The van der Waals surface area contributed by atoms with Gasteiger partial charge in [-0.2, -0.15) is 9.97 Å². The highest BCUT2D eigenvalue weighted by Crippen LogP contribution is 2.42. The number of nitrogens with zero attached hydrogens (tertiary/aromatic N) is 9. The third-order valence-corrected chi connectivity index (χ3v) is 11.4. The first-order chi connectivity index (χ1) is 25.2. The second-order valence-corrected chi connectivity index (χ2v) is 16.8. The lowest BCUT2D eigenvalue weighted by molar-refractivity contribution is 0.0982. The number of H-pyrrole nitrogens is 1. The van der Waals surface area contributed by atoms with E-state index in [1.54, 1.807) is 58.6 Å². The van der Waals surface area contributed by atoms with Crippen LogP contribution in [0.4, 0.5) is 28.8 Å². The summed E-state index contributed by atoms with van der Waals surface area (Å²) in [5.41, 5.74) is 12.5. The number of piperidine rings is 1. The number of imidazole rings is 1. The highest BCUT2D eigenvalue weighted by Gasteiger charge is 2.29. The van der Waals surface area contributed by atoms with Crippen molar-refractivity contribution in [3.05, 3.63) is 54.7 Å². The quantitative estimate of drug-likeness (QED) is 0.119. The fourth-order valence-corrected chi connectivity index (χ4v) is 8.62. The first-order valence-corrected chi connectivity index (χ1v) is 20.1. The number of aromatic nitrogens is 6. The summed E-state index contributed by atoms with van der Waals surface area (Å²) in [5, 5.41) is 7.38. The van der Waals surface area contributed by atoms with E-state index < -0.39 is 7.14 Å². The number of hydrogen-bond acceptors (Lipinski definition) is 14. The van der Waals surface area contributed by atoms with Crippen molar-refractivity contribution in [3.8, 4) is 5.75 Å². The number of fused-ring (bicyclic) bond motifs is 2. The van der Waals surface area contributed by atoms with Gasteiger partial charge in [0.25, 0.3) is 0 Å². The molecule has 15 nitrogen and oxygen atoms in total. The summed E-state index contributed by atoms with van der Waals surface area (Å²) in [6.45, 7) is 9.74. The van der Waals surface area contributed by atoms with Gasteiger partial charge >= 0.3 is 0 Å². The van der Waals surface area contributed by atoms with Crippen LogP contribution in [0.1, 0.15) is 18.4 Å². The van der Waals surface area contributed by atoms with Crippen molar-refractivity contribution in [1.29, 1.82) is 0 Å². The van der Waals surface area contributed by atoms with Gasteiger partial charge < -0.3 is 40.5 Å². The summed E-state index contributed by atoms with van der Waals surface area (Å²) >= 11 is 0. The van der Waals surface area contributed by atoms with Gasteiger partial charge in [-0.25, -0.2) is 4.98 Å². The minimum atomic E-state index is -2.82. The average molecular weight is 724 g/mol. The number of aliphatic imine (C=N–C) groups is 1. The molecule has 16 heteroatoms. The number of anilines is 5. The lowest BCUT2D eigenvalue weighted by Gasteiger charge is -2.43. The van der Waals surface area contributed by atoms with Gasteiger partial charge in [-0.3, -0.25) is 19.9 Å². The van der Waals surface area contributed by atoms with Crippen LogP contribution in [0.3, 0.4) is 0 Å². The largest absolute Gasteiger partial charge is 0.494 e. The topological polar surface area (TPSA) is 179 Å². The van der Waals surface area contributed by atoms with Crippen LogP contribution in [0, 0.1) is 0 Å². The summed E-state index contributed by atoms with van der Waals surface area (Å²) in [6.07, 6.45) is 10.3. The number of nitrogens with two attached hydrogens (primary N) is 1. The van der Waals surface area contributed by atoms with E-state index in [0.29, 0.717) is 56.5 Å². The standard InChI is InChI=1S/C36H46N13O2P/c1-38-21-23(20-37)25-18-28(30(51-3)19-29(25)49-12-8-24(9-13-49)48-16-14-47(2)15-17-48)44-36-45-34-32(41-22-42-34)35(46-36)43-27-7-6-26-31(40-11-10-39-26)33(27)52(4,5)50/h6-7,10-11,18-22,24H,8-9,12-17,37H2,1-5H3,(H3,41,42,43,44,45,46). The molecular formula is C36H46N13O2P. The average Bonchev–Trinajstić information content (AvgIpc) is 3.63. The van der Waals surface area contributed by atoms with Gasteiger partial charge in [0.2, 0.25) is 5.95 Å². The summed E-state index contributed by atoms with van der Waals surface area (Å²) in [7, 11) is 2.77. The Morgan fingerprint density at radius 3 is 2.50 bits per heavy atom. The number of methoxy groups -OCH3 is 1. The first-order valence-electron chi connectivity index (χ1n) is 17.4. The number of hydrogen-bond donors (Lipinski definition) is 4. The smallest absolute Gasteiger partial charge is 0.231 e. The second kappa shape index (κ2) is 14.9. The molecule has 0 spiro atoms. The Kier molecular flexibility index (Phi) is 10.1. The van der Waals surface area contributed by atoms with Gasteiger partial charge in [-0.05, 0) is 51.4 Å². The zero-order valence-corrected chi connectivity index (χ0v) is 31.2.